The number of ether oxygens (including phenoxy) is 1. The van der Waals surface area contributed by atoms with E-state index >= 15 is 0 Å². The van der Waals surface area contributed by atoms with Crippen molar-refractivity contribution in [1.82, 2.24) is 14.5 Å². The molecule has 0 amide bonds. The molecule has 0 radical (unpaired) electrons. The Morgan fingerprint density at radius 1 is 1.44 bits per heavy atom. The highest BCUT2D eigenvalue weighted by Gasteiger charge is 2.09. The van der Waals surface area contributed by atoms with E-state index in [0.29, 0.717) is 5.88 Å². The van der Waals surface area contributed by atoms with Gasteiger partial charge in [-0.1, -0.05) is 6.92 Å². The van der Waals surface area contributed by atoms with Gasteiger partial charge in [-0.05, 0) is 19.4 Å². The van der Waals surface area contributed by atoms with E-state index < -0.39 is 0 Å². The predicted octanol–water partition coefficient (Wildman–Crippen LogP) is 2.15. The zero-order valence-electron chi connectivity index (χ0n) is 9.77. The van der Waals surface area contributed by atoms with Crippen LogP contribution in [0.25, 0.3) is 5.69 Å². The summed E-state index contributed by atoms with van der Waals surface area (Å²) in [6.45, 7) is 4.06. The van der Waals surface area contributed by atoms with Crippen LogP contribution in [0.4, 0.5) is 0 Å². The Kier molecular flexibility index (Phi) is 2.90. The molecule has 0 bridgehead atoms. The van der Waals surface area contributed by atoms with Crippen LogP contribution in [0.2, 0.25) is 0 Å². The van der Waals surface area contributed by atoms with Crippen molar-refractivity contribution in [2.75, 3.05) is 7.11 Å². The molecule has 0 atom stereocenters. The molecular formula is C12H15N3O. The van der Waals surface area contributed by atoms with Gasteiger partial charge >= 0.3 is 0 Å². The largest absolute Gasteiger partial charge is 0.481 e. The van der Waals surface area contributed by atoms with E-state index in [1.54, 1.807) is 19.6 Å². The van der Waals surface area contributed by atoms with Gasteiger partial charge in [-0.25, -0.2) is 9.97 Å². The minimum Gasteiger partial charge on any atom is -0.481 e. The number of rotatable bonds is 3. The lowest BCUT2D eigenvalue weighted by Gasteiger charge is -2.11. The average molecular weight is 217 g/mol. The third-order valence-electron chi connectivity index (χ3n) is 2.58. The Morgan fingerprint density at radius 2 is 2.25 bits per heavy atom. The maximum Gasteiger partial charge on any atom is 0.216 e. The molecule has 0 aromatic carbocycles. The molecule has 0 N–H and O–H groups in total. The first-order chi connectivity index (χ1) is 7.76. The van der Waals surface area contributed by atoms with Crippen LogP contribution in [0.1, 0.15) is 18.2 Å². The van der Waals surface area contributed by atoms with Gasteiger partial charge in [0.15, 0.2) is 0 Å². The summed E-state index contributed by atoms with van der Waals surface area (Å²) in [4.78, 5) is 8.49. The third-order valence-corrected chi connectivity index (χ3v) is 2.58. The smallest absolute Gasteiger partial charge is 0.216 e. The van der Waals surface area contributed by atoms with Gasteiger partial charge in [0.2, 0.25) is 5.88 Å². The highest BCUT2D eigenvalue weighted by atomic mass is 16.5. The zero-order valence-corrected chi connectivity index (χ0v) is 9.77. The van der Waals surface area contributed by atoms with Crippen molar-refractivity contribution in [2.24, 2.45) is 0 Å². The van der Waals surface area contributed by atoms with Crippen LogP contribution in [0.15, 0.2) is 24.8 Å². The second-order valence-electron chi connectivity index (χ2n) is 3.58. The SMILES string of the molecule is CCc1cc(-n2ccnc2)c(C)nc1OC. The predicted molar refractivity (Wildman–Crippen MR) is 62.0 cm³/mol. The van der Waals surface area contributed by atoms with Crippen LogP contribution in [0.3, 0.4) is 0 Å². The zero-order chi connectivity index (χ0) is 11.5. The summed E-state index contributed by atoms with van der Waals surface area (Å²) in [5.41, 5.74) is 3.10. The summed E-state index contributed by atoms with van der Waals surface area (Å²) in [5.74, 6) is 0.712. The Balaban J connectivity index is 2.55. The second kappa shape index (κ2) is 4.35. The molecule has 2 heterocycles. The number of imidazole rings is 1. The van der Waals surface area contributed by atoms with Gasteiger partial charge in [0.1, 0.15) is 0 Å². The van der Waals surface area contributed by atoms with Crippen LogP contribution in [-0.4, -0.2) is 21.6 Å². The highest BCUT2D eigenvalue weighted by Crippen LogP contribution is 2.22. The van der Waals surface area contributed by atoms with Crippen LogP contribution >= 0.6 is 0 Å². The fourth-order valence-electron chi connectivity index (χ4n) is 1.71. The fraction of sp³-hybridized carbons (Fsp3) is 0.333. The molecule has 2 rings (SSSR count). The molecule has 0 spiro atoms. The van der Waals surface area contributed by atoms with Crippen LogP contribution < -0.4 is 4.74 Å². The summed E-state index contributed by atoms with van der Waals surface area (Å²) >= 11 is 0. The van der Waals surface area contributed by atoms with Gasteiger partial charge in [-0.15, -0.1) is 0 Å². The lowest BCUT2D eigenvalue weighted by Crippen LogP contribution is -2.02. The Hall–Kier alpha value is -1.84. The summed E-state index contributed by atoms with van der Waals surface area (Å²) < 4.78 is 7.21. The number of aromatic nitrogens is 3. The summed E-state index contributed by atoms with van der Waals surface area (Å²) in [6, 6.07) is 2.10. The molecule has 0 aliphatic carbocycles. The van der Waals surface area contributed by atoms with Gasteiger partial charge in [0.05, 0.1) is 24.8 Å². The number of hydrogen-bond donors (Lipinski definition) is 0. The lowest BCUT2D eigenvalue weighted by atomic mass is 10.1. The summed E-state index contributed by atoms with van der Waals surface area (Å²) in [7, 11) is 1.65. The van der Waals surface area contributed by atoms with E-state index in [1.165, 1.54) is 0 Å². The average Bonchev–Trinajstić information content (AvgIpc) is 2.82. The van der Waals surface area contributed by atoms with Gasteiger partial charge in [0, 0.05) is 18.0 Å². The van der Waals surface area contributed by atoms with E-state index in [1.807, 2.05) is 17.7 Å². The van der Waals surface area contributed by atoms with Crippen molar-refractivity contribution < 1.29 is 4.74 Å². The van der Waals surface area contributed by atoms with Gasteiger partial charge in [-0.2, -0.15) is 0 Å². The number of aryl methyl sites for hydroxylation is 2. The van der Waals surface area contributed by atoms with Gasteiger partial charge < -0.3 is 9.30 Å². The molecule has 2 aromatic heterocycles. The molecule has 84 valence electrons. The first-order valence-corrected chi connectivity index (χ1v) is 5.29. The molecule has 2 aromatic rings. The van der Waals surface area contributed by atoms with Gasteiger partial charge in [0.25, 0.3) is 0 Å². The maximum absolute atomic E-state index is 5.25. The molecule has 0 saturated heterocycles. The third kappa shape index (κ3) is 1.78. The summed E-state index contributed by atoms with van der Waals surface area (Å²) in [6.07, 6.45) is 6.35. The molecule has 0 aliphatic heterocycles. The molecule has 16 heavy (non-hydrogen) atoms. The maximum atomic E-state index is 5.25. The molecular weight excluding hydrogens is 202 g/mol. The van der Waals surface area contributed by atoms with Gasteiger partial charge in [-0.3, -0.25) is 0 Å². The molecule has 4 nitrogen and oxygen atoms in total. The van der Waals surface area contributed by atoms with Crippen LogP contribution in [-0.2, 0) is 6.42 Å². The number of pyridine rings is 1. The normalized spacial score (nSPS) is 10.4. The standard InChI is InChI=1S/C12H15N3O/c1-4-10-7-11(15-6-5-13-8-15)9(2)14-12(10)16-3/h5-8H,4H2,1-3H3. The first kappa shape index (κ1) is 10.7. The van der Waals surface area contributed by atoms with E-state index in [4.69, 9.17) is 4.74 Å². The van der Waals surface area contributed by atoms with E-state index in [0.717, 1.165) is 23.4 Å². The van der Waals surface area contributed by atoms with Crippen molar-refractivity contribution in [1.29, 1.82) is 0 Å². The number of hydrogen-bond acceptors (Lipinski definition) is 3. The Bertz CT molecular complexity index is 477. The quantitative estimate of drug-likeness (QED) is 0.790. The molecule has 0 aliphatic rings. The van der Waals surface area contributed by atoms with Crippen LogP contribution in [0, 0.1) is 6.92 Å². The molecule has 0 unspecified atom stereocenters. The Labute approximate surface area is 94.9 Å². The highest BCUT2D eigenvalue weighted by molar-refractivity contribution is 5.43. The van der Waals surface area contributed by atoms with E-state index in [9.17, 15) is 0 Å². The van der Waals surface area contributed by atoms with Crippen molar-refractivity contribution in [3.05, 3.63) is 36.0 Å². The van der Waals surface area contributed by atoms with Crippen molar-refractivity contribution in [3.8, 4) is 11.6 Å². The first-order valence-electron chi connectivity index (χ1n) is 5.29. The van der Waals surface area contributed by atoms with Crippen LogP contribution in [0.5, 0.6) is 5.88 Å². The lowest BCUT2D eigenvalue weighted by molar-refractivity contribution is 0.392. The monoisotopic (exact) mass is 217 g/mol. The van der Waals surface area contributed by atoms with Crippen molar-refractivity contribution in [3.63, 3.8) is 0 Å². The molecule has 0 fully saturated rings. The van der Waals surface area contributed by atoms with Crippen molar-refractivity contribution in [2.45, 2.75) is 20.3 Å². The Morgan fingerprint density at radius 3 is 2.81 bits per heavy atom. The minimum atomic E-state index is 0.712. The minimum absolute atomic E-state index is 0.712. The summed E-state index contributed by atoms with van der Waals surface area (Å²) in [5, 5.41) is 0. The molecule has 4 heteroatoms. The number of nitrogens with zero attached hydrogens (tertiary/aromatic N) is 3. The van der Waals surface area contributed by atoms with Crippen molar-refractivity contribution >= 4 is 0 Å². The molecule has 0 saturated carbocycles. The number of methoxy groups -OCH3 is 1. The van der Waals surface area contributed by atoms with E-state index in [-0.39, 0.29) is 0 Å². The topological polar surface area (TPSA) is 39.9 Å². The second-order valence-corrected chi connectivity index (χ2v) is 3.58. The fourth-order valence-corrected chi connectivity index (χ4v) is 1.71. The van der Waals surface area contributed by atoms with E-state index in [2.05, 4.69) is 23.0 Å².